The number of carbonyl (C=O) groups excluding carboxylic acids is 1. The van der Waals surface area contributed by atoms with Crippen molar-refractivity contribution in [3.05, 3.63) is 35.0 Å². The fourth-order valence-corrected chi connectivity index (χ4v) is 3.04. The lowest BCUT2D eigenvalue weighted by atomic mass is 10.2. The molecule has 2 N–H and O–H groups in total. The third-order valence-corrected chi connectivity index (χ3v) is 4.43. The van der Waals surface area contributed by atoms with Crippen LogP contribution in [0.25, 0.3) is 0 Å². The van der Waals surface area contributed by atoms with Gasteiger partial charge in [0, 0.05) is 43.9 Å². The molecule has 0 atom stereocenters. The fraction of sp³-hybridized carbons (Fsp3) is 0.500. The molecule has 0 spiro atoms. The normalized spacial score (nSPS) is 13.6. The molecule has 2 aromatic heterocycles. The molecular weight excluding hydrogens is 348 g/mol. The van der Waals surface area contributed by atoms with Crippen molar-refractivity contribution in [3.63, 3.8) is 0 Å². The lowest BCUT2D eigenvalue weighted by molar-refractivity contribution is 0.0680. The van der Waals surface area contributed by atoms with E-state index in [-0.39, 0.29) is 11.6 Å². The number of carboxylic acid groups (broad SMARTS) is 1. The average Bonchev–Trinajstić information content (AvgIpc) is 3.07. The molecule has 1 aliphatic rings. The number of hydrogen-bond donors (Lipinski definition) is 2. The topological polar surface area (TPSA) is 113 Å². The number of aryl methyl sites for hydroxylation is 2. The van der Waals surface area contributed by atoms with Gasteiger partial charge in [-0.3, -0.25) is 9.48 Å². The Bertz CT molecular complexity index is 848. The molecule has 0 unspecified atom stereocenters. The van der Waals surface area contributed by atoms with Crippen molar-refractivity contribution in [3.8, 4) is 0 Å². The number of amides is 1. The predicted molar refractivity (Wildman–Crippen MR) is 99.0 cm³/mol. The number of fused-ring (bicyclic) bond motifs is 1. The Hall–Kier alpha value is -2.97. The summed E-state index contributed by atoms with van der Waals surface area (Å²) in [5.74, 6) is 0.260. The molecule has 0 radical (unpaired) electrons. The summed E-state index contributed by atoms with van der Waals surface area (Å²) < 4.78 is 1.46. The number of hydrogen-bond acceptors (Lipinski definition) is 6. The molecule has 27 heavy (non-hydrogen) atoms. The molecule has 0 aliphatic carbocycles. The highest BCUT2D eigenvalue weighted by atomic mass is 16.4. The first kappa shape index (κ1) is 18.8. The molecule has 144 valence electrons. The Morgan fingerprint density at radius 3 is 2.85 bits per heavy atom. The lowest BCUT2D eigenvalue weighted by Crippen LogP contribution is -2.42. The predicted octanol–water partition coefficient (Wildman–Crippen LogP) is 1.59. The molecule has 0 saturated heterocycles. The van der Waals surface area contributed by atoms with E-state index in [0.717, 1.165) is 36.6 Å². The Morgan fingerprint density at radius 1 is 1.30 bits per heavy atom. The second-order valence-electron chi connectivity index (χ2n) is 6.58. The average molecular weight is 372 g/mol. The van der Waals surface area contributed by atoms with E-state index in [0.29, 0.717) is 31.9 Å². The van der Waals surface area contributed by atoms with Gasteiger partial charge in [0.05, 0.1) is 6.54 Å². The number of aromatic nitrogens is 4. The van der Waals surface area contributed by atoms with Crippen LogP contribution < -0.4 is 5.32 Å². The quantitative estimate of drug-likeness (QED) is 0.723. The minimum Gasteiger partial charge on any atom is -0.476 e. The Labute approximate surface area is 157 Å². The van der Waals surface area contributed by atoms with E-state index in [1.165, 1.54) is 10.7 Å². The summed E-state index contributed by atoms with van der Waals surface area (Å²) in [6.45, 7) is 6.11. The first-order chi connectivity index (χ1) is 13.0. The Morgan fingerprint density at radius 2 is 2.11 bits per heavy atom. The van der Waals surface area contributed by atoms with Crippen molar-refractivity contribution < 1.29 is 14.7 Å². The van der Waals surface area contributed by atoms with Gasteiger partial charge in [-0.25, -0.2) is 14.8 Å². The standard InChI is InChI=1S/C18H24N6O3/c1-3-4-5-15-20-12(2)10-16(21-15)19-6-7-23-8-9-24-14(17(23)25)11-13(22-24)18(26)27/h10-11H,3-9H2,1-2H3,(H,26,27)(H,19,20,21). The van der Waals surface area contributed by atoms with Crippen molar-refractivity contribution in [2.75, 3.05) is 25.0 Å². The Balaban J connectivity index is 1.58. The van der Waals surface area contributed by atoms with E-state index in [4.69, 9.17) is 5.11 Å². The number of carbonyl (C=O) groups is 2. The van der Waals surface area contributed by atoms with Gasteiger partial charge in [0.1, 0.15) is 17.3 Å². The third kappa shape index (κ3) is 4.42. The van der Waals surface area contributed by atoms with Crippen LogP contribution in [0.4, 0.5) is 5.82 Å². The molecule has 9 nitrogen and oxygen atoms in total. The van der Waals surface area contributed by atoms with Gasteiger partial charge >= 0.3 is 5.97 Å². The molecule has 0 aromatic carbocycles. The summed E-state index contributed by atoms with van der Waals surface area (Å²) in [5, 5.41) is 16.2. The zero-order valence-corrected chi connectivity index (χ0v) is 15.6. The van der Waals surface area contributed by atoms with Crippen LogP contribution in [-0.4, -0.2) is 61.3 Å². The van der Waals surface area contributed by atoms with Crippen molar-refractivity contribution >= 4 is 17.7 Å². The van der Waals surface area contributed by atoms with Crippen LogP contribution in [0.15, 0.2) is 12.1 Å². The fourth-order valence-electron chi connectivity index (χ4n) is 3.04. The van der Waals surface area contributed by atoms with Gasteiger partial charge in [0.15, 0.2) is 5.69 Å². The van der Waals surface area contributed by atoms with Crippen LogP contribution in [0, 0.1) is 6.92 Å². The van der Waals surface area contributed by atoms with Crippen LogP contribution in [0.3, 0.4) is 0 Å². The SMILES string of the molecule is CCCCc1nc(C)cc(NCCN2CCn3nc(C(=O)O)cc3C2=O)n1. The highest BCUT2D eigenvalue weighted by Crippen LogP contribution is 2.14. The van der Waals surface area contributed by atoms with Crippen LogP contribution in [0.5, 0.6) is 0 Å². The highest BCUT2D eigenvalue weighted by Gasteiger charge is 2.27. The maximum absolute atomic E-state index is 12.5. The minimum absolute atomic E-state index is 0.102. The first-order valence-electron chi connectivity index (χ1n) is 9.16. The van der Waals surface area contributed by atoms with Crippen LogP contribution in [0.2, 0.25) is 0 Å². The second-order valence-corrected chi connectivity index (χ2v) is 6.58. The monoisotopic (exact) mass is 372 g/mol. The number of nitrogens with one attached hydrogen (secondary N) is 1. The van der Waals surface area contributed by atoms with Gasteiger partial charge < -0.3 is 15.3 Å². The molecule has 3 rings (SSSR count). The molecule has 2 aromatic rings. The van der Waals surface area contributed by atoms with Gasteiger partial charge in [-0.1, -0.05) is 13.3 Å². The van der Waals surface area contributed by atoms with E-state index < -0.39 is 5.97 Å². The van der Waals surface area contributed by atoms with Crippen molar-refractivity contribution in [2.24, 2.45) is 0 Å². The number of aromatic carboxylic acids is 1. The van der Waals surface area contributed by atoms with Gasteiger partial charge in [-0.05, 0) is 13.3 Å². The lowest BCUT2D eigenvalue weighted by Gasteiger charge is -2.27. The van der Waals surface area contributed by atoms with Crippen LogP contribution >= 0.6 is 0 Å². The highest BCUT2D eigenvalue weighted by molar-refractivity contribution is 5.96. The van der Waals surface area contributed by atoms with Gasteiger partial charge in [0.2, 0.25) is 0 Å². The smallest absolute Gasteiger partial charge is 0.356 e. The number of unbranched alkanes of at least 4 members (excludes halogenated alkanes) is 1. The van der Waals surface area contributed by atoms with E-state index in [1.54, 1.807) is 4.90 Å². The number of nitrogens with zero attached hydrogens (tertiary/aromatic N) is 5. The summed E-state index contributed by atoms with van der Waals surface area (Å²) in [5.41, 5.74) is 1.13. The maximum atomic E-state index is 12.5. The van der Waals surface area contributed by atoms with E-state index >= 15 is 0 Å². The molecule has 0 fully saturated rings. The van der Waals surface area contributed by atoms with E-state index in [2.05, 4.69) is 27.3 Å². The van der Waals surface area contributed by atoms with Crippen molar-refractivity contribution in [1.29, 1.82) is 0 Å². The van der Waals surface area contributed by atoms with Gasteiger partial charge in [0.25, 0.3) is 5.91 Å². The maximum Gasteiger partial charge on any atom is 0.356 e. The summed E-state index contributed by atoms with van der Waals surface area (Å²) in [6.07, 6.45) is 3.00. The van der Waals surface area contributed by atoms with Gasteiger partial charge in [-0.2, -0.15) is 5.10 Å². The molecular formula is C18H24N6O3. The molecule has 1 aliphatic heterocycles. The molecule has 9 heteroatoms. The summed E-state index contributed by atoms with van der Waals surface area (Å²) in [6, 6.07) is 3.22. The summed E-state index contributed by atoms with van der Waals surface area (Å²) in [7, 11) is 0. The molecule has 0 saturated carbocycles. The number of carboxylic acids is 1. The second kappa shape index (κ2) is 8.15. The number of anilines is 1. The first-order valence-corrected chi connectivity index (χ1v) is 9.16. The summed E-state index contributed by atoms with van der Waals surface area (Å²) in [4.78, 5) is 34.2. The molecule has 3 heterocycles. The molecule has 0 bridgehead atoms. The summed E-state index contributed by atoms with van der Waals surface area (Å²) >= 11 is 0. The third-order valence-electron chi connectivity index (χ3n) is 4.43. The van der Waals surface area contributed by atoms with Gasteiger partial charge in [-0.15, -0.1) is 0 Å². The minimum atomic E-state index is -1.13. The van der Waals surface area contributed by atoms with Crippen LogP contribution in [0.1, 0.15) is 52.3 Å². The molecule has 1 amide bonds. The van der Waals surface area contributed by atoms with E-state index in [1.807, 2.05) is 13.0 Å². The van der Waals surface area contributed by atoms with Crippen molar-refractivity contribution in [2.45, 2.75) is 39.7 Å². The zero-order chi connectivity index (χ0) is 19.4. The number of rotatable bonds is 8. The largest absolute Gasteiger partial charge is 0.476 e. The van der Waals surface area contributed by atoms with E-state index in [9.17, 15) is 9.59 Å². The zero-order valence-electron chi connectivity index (χ0n) is 15.6. The van der Waals surface area contributed by atoms with Crippen LogP contribution in [-0.2, 0) is 13.0 Å². The Kier molecular flexibility index (Phi) is 5.68. The van der Waals surface area contributed by atoms with Crippen molar-refractivity contribution in [1.82, 2.24) is 24.6 Å².